The molecule has 94 valence electrons. The number of rotatable bonds is 5. The molecule has 0 spiro atoms. The Morgan fingerprint density at radius 1 is 1.59 bits per heavy atom. The first-order valence-corrected chi connectivity index (χ1v) is 6.63. The SMILES string of the molecule is CCCNC(c1cccnc1)C1CCCOC1. The number of ether oxygens (including phenoxy) is 1. The third-order valence-corrected chi connectivity index (χ3v) is 3.32. The smallest absolute Gasteiger partial charge is 0.0512 e. The number of aromatic nitrogens is 1. The van der Waals surface area contributed by atoms with Gasteiger partial charge in [-0.25, -0.2) is 0 Å². The summed E-state index contributed by atoms with van der Waals surface area (Å²) in [5.74, 6) is 0.583. The summed E-state index contributed by atoms with van der Waals surface area (Å²) in [6, 6.07) is 4.57. The van der Waals surface area contributed by atoms with Crippen LogP contribution in [0, 0.1) is 5.92 Å². The third kappa shape index (κ3) is 3.51. The molecule has 1 aliphatic rings. The average Bonchev–Trinajstić information content (AvgIpc) is 2.42. The second-order valence-electron chi connectivity index (χ2n) is 4.70. The molecule has 0 bridgehead atoms. The van der Waals surface area contributed by atoms with Crippen molar-refractivity contribution in [2.24, 2.45) is 5.92 Å². The molecule has 1 aromatic rings. The van der Waals surface area contributed by atoms with Gasteiger partial charge in [-0.3, -0.25) is 4.98 Å². The molecule has 2 atom stereocenters. The molecule has 0 amide bonds. The lowest BCUT2D eigenvalue weighted by Crippen LogP contribution is -2.33. The Bertz CT molecular complexity index is 309. The van der Waals surface area contributed by atoms with E-state index in [-0.39, 0.29) is 0 Å². The van der Waals surface area contributed by atoms with Gasteiger partial charge in [-0.15, -0.1) is 0 Å². The monoisotopic (exact) mass is 234 g/mol. The summed E-state index contributed by atoms with van der Waals surface area (Å²) in [7, 11) is 0. The van der Waals surface area contributed by atoms with E-state index in [4.69, 9.17) is 4.74 Å². The molecular weight excluding hydrogens is 212 g/mol. The highest BCUT2D eigenvalue weighted by molar-refractivity contribution is 5.15. The first kappa shape index (κ1) is 12.5. The number of nitrogens with zero attached hydrogens (tertiary/aromatic N) is 1. The van der Waals surface area contributed by atoms with Crippen molar-refractivity contribution in [1.82, 2.24) is 10.3 Å². The van der Waals surface area contributed by atoms with E-state index in [1.807, 2.05) is 18.5 Å². The van der Waals surface area contributed by atoms with Crippen molar-refractivity contribution in [2.45, 2.75) is 32.2 Å². The van der Waals surface area contributed by atoms with Crippen molar-refractivity contribution in [2.75, 3.05) is 19.8 Å². The molecule has 0 saturated carbocycles. The summed E-state index contributed by atoms with van der Waals surface area (Å²) in [6.07, 6.45) is 7.38. The van der Waals surface area contributed by atoms with Gasteiger partial charge in [0.05, 0.1) is 6.61 Å². The average molecular weight is 234 g/mol. The van der Waals surface area contributed by atoms with E-state index in [1.165, 1.54) is 18.4 Å². The molecule has 17 heavy (non-hydrogen) atoms. The minimum absolute atomic E-state index is 0.393. The zero-order valence-corrected chi connectivity index (χ0v) is 10.6. The Kier molecular flexibility index (Phi) is 4.95. The van der Waals surface area contributed by atoms with E-state index in [0.29, 0.717) is 12.0 Å². The summed E-state index contributed by atoms with van der Waals surface area (Å²) in [5.41, 5.74) is 1.29. The molecule has 2 heterocycles. The molecular formula is C14H22N2O. The Balaban J connectivity index is 2.06. The summed E-state index contributed by atoms with van der Waals surface area (Å²) in [6.45, 7) is 5.04. The van der Waals surface area contributed by atoms with Gasteiger partial charge in [0.25, 0.3) is 0 Å². The molecule has 2 unspecified atom stereocenters. The second-order valence-corrected chi connectivity index (χ2v) is 4.70. The summed E-state index contributed by atoms with van der Waals surface area (Å²) in [5, 5.41) is 3.64. The minimum Gasteiger partial charge on any atom is -0.381 e. The van der Waals surface area contributed by atoms with Crippen LogP contribution in [0.4, 0.5) is 0 Å². The molecule has 0 aromatic carbocycles. The fourth-order valence-corrected chi connectivity index (χ4v) is 2.44. The third-order valence-electron chi connectivity index (χ3n) is 3.32. The van der Waals surface area contributed by atoms with Gasteiger partial charge in [-0.05, 0) is 37.4 Å². The van der Waals surface area contributed by atoms with Gasteiger partial charge < -0.3 is 10.1 Å². The van der Waals surface area contributed by atoms with Crippen LogP contribution in [0.1, 0.15) is 37.8 Å². The van der Waals surface area contributed by atoms with Crippen LogP contribution in [0.25, 0.3) is 0 Å². The molecule has 1 aliphatic heterocycles. The van der Waals surface area contributed by atoms with Crippen LogP contribution in [0.5, 0.6) is 0 Å². The van der Waals surface area contributed by atoms with E-state index in [0.717, 1.165) is 26.2 Å². The highest BCUT2D eigenvalue weighted by Crippen LogP contribution is 2.28. The molecule has 1 aromatic heterocycles. The minimum atomic E-state index is 0.393. The number of pyridine rings is 1. The molecule has 0 aliphatic carbocycles. The predicted molar refractivity (Wildman–Crippen MR) is 68.8 cm³/mol. The predicted octanol–water partition coefficient (Wildman–Crippen LogP) is 2.55. The first-order chi connectivity index (χ1) is 8.42. The maximum Gasteiger partial charge on any atom is 0.0512 e. The fraction of sp³-hybridized carbons (Fsp3) is 0.643. The van der Waals surface area contributed by atoms with Gasteiger partial charge in [-0.1, -0.05) is 13.0 Å². The zero-order chi connectivity index (χ0) is 11.9. The molecule has 1 fully saturated rings. The molecule has 3 nitrogen and oxygen atoms in total. The van der Waals surface area contributed by atoms with Crippen LogP contribution in [0.15, 0.2) is 24.5 Å². The topological polar surface area (TPSA) is 34.2 Å². The van der Waals surface area contributed by atoms with E-state index >= 15 is 0 Å². The van der Waals surface area contributed by atoms with E-state index in [1.54, 1.807) is 0 Å². The van der Waals surface area contributed by atoms with Crippen LogP contribution in [-0.4, -0.2) is 24.7 Å². The van der Waals surface area contributed by atoms with Crippen LogP contribution in [0.3, 0.4) is 0 Å². The maximum atomic E-state index is 5.60. The normalized spacial score (nSPS) is 22.3. The van der Waals surface area contributed by atoms with E-state index in [9.17, 15) is 0 Å². The van der Waals surface area contributed by atoms with Gasteiger partial charge in [-0.2, -0.15) is 0 Å². The highest BCUT2D eigenvalue weighted by atomic mass is 16.5. The number of hydrogen-bond donors (Lipinski definition) is 1. The Labute approximate surface area is 104 Å². The lowest BCUT2D eigenvalue weighted by Gasteiger charge is -2.31. The van der Waals surface area contributed by atoms with Crippen molar-refractivity contribution in [3.8, 4) is 0 Å². The lowest BCUT2D eigenvalue weighted by molar-refractivity contribution is 0.0390. The van der Waals surface area contributed by atoms with Crippen molar-refractivity contribution < 1.29 is 4.74 Å². The van der Waals surface area contributed by atoms with Gasteiger partial charge in [0.15, 0.2) is 0 Å². The van der Waals surface area contributed by atoms with Crippen molar-refractivity contribution in [1.29, 1.82) is 0 Å². The summed E-state index contributed by atoms with van der Waals surface area (Å²) < 4.78 is 5.60. The first-order valence-electron chi connectivity index (χ1n) is 6.63. The Morgan fingerprint density at radius 3 is 3.18 bits per heavy atom. The van der Waals surface area contributed by atoms with Crippen LogP contribution in [0.2, 0.25) is 0 Å². The molecule has 0 radical (unpaired) electrons. The molecule has 2 rings (SSSR count). The Morgan fingerprint density at radius 2 is 2.53 bits per heavy atom. The van der Waals surface area contributed by atoms with Crippen molar-refractivity contribution >= 4 is 0 Å². The van der Waals surface area contributed by atoms with Crippen LogP contribution in [-0.2, 0) is 4.74 Å². The van der Waals surface area contributed by atoms with Gasteiger partial charge in [0.2, 0.25) is 0 Å². The Hall–Kier alpha value is -0.930. The van der Waals surface area contributed by atoms with Crippen LogP contribution < -0.4 is 5.32 Å². The standard InChI is InChI=1S/C14H22N2O/c1-2-7-16-14(12-5-3-8-15-10-12)13-6-4-9-17-11-13/h3,5,8,10,13-14,16H,2,4,6-7,9,11H2,1H3. The highest BCUT2D eigenvalue weighted by Gasteiger charge is 2.25. The lowest BCUT2D eigenvalue weighted by atomic mass is 9.89. The van der Waals surface area contributed by atoms with Crippen LogP contribution >= 0.6 is 0 Å². The second kappa shape index (κ2) is 6.72. The number of hydrogen-bond acceptors (Lipinski definition) is 3. The molecule has 3 heteroatoms. The van der Waals surface area contributed by atoms with Crippen molar-refractivity contribution in [3.63, 3.8) is 0 Å². The fourth-order valence-electron chi connectivity index (χ4n) is 2.44. The largest absolute Gasteiger partial charge is 0.381 e. The number of nitrogens with one attached hydrogen (secondary N) is 1. The van der Waals surface area contributed by atoms with E-state index < -0.39 is 0 Å². The van der Waals surface area contributed by atoms with E-state index in [2.05, 4.69) is 23.3 Å². The molecule has 1 N–H and O–H groups in total. The molecule has 1 saturated heterocycles. The zero-order valence-electron chi connectivity index (χ0n) is 10.6. The maximum absolute atomic E-state index is 5.60. The van der Waals surface area contributed by atoms with Crippen molar-refractivity contribution in [3.05, 3.63) is 30.1 Å². The van der Waals surface area contributed by atoms with Gasteiger partial charge in [0, 0.05) is 31.0 Å². The summed E-state index contributed by atoms with van der Waals surface area (Å²) >= 11 is 0. The quantitative estimate of drug-likeness (QED) is 0.850. The van der Waals surface area contributed by atoms with Gasteiger partial charge >= 0.3 is 0 Å². The van der Waals surface area contributed by atoms with Gasteiger partial charge in [0.1, 0.15) is 0 Å². The summed E-state index contributed by atoms with van der Waals surface area (Å²) in [4.78, 5) is 4.23.